The van der Waals surface area contributed by atoms with Crippen LogP contribution in [0.15, 0.2) is 24.3 Å². The van der Waals surface area contributed by atoms with E-state index in [4.69, 9.17) is 4.74 Å². The molecule has 1 amide bonds. The van der Waals surface area contributed by atoms with Gasteiger partial charge in [0.05, 0.1) is 5.56 Å². The lowest BCUT2D eigenvalue weighted by Crippen LogP contribution is -2.75. The summed E-state index contributed by atoms with van der Waals surface area (Å²) in [6.07, 6.45) is -3.88. The van der Waals surface area contributed by atoms with Crippen molar-refractivity contribution in [3.05, 3.63) is 35.4 Å². The highest BCUT2D eigenvalue weighted by Crippen LogP contribution is 2.82. The minimum Gasteiger partial charge on any atom is -0.444 e. The van der Waals surface area contributed by atoms with Crippen LogP contribution in [-0.4, -0.2) is 29.7 Å². The van der Waals surface area contributed by atoms with E-state index in [2.05, 4.69) is 0 Å². The molecule has 1 heterocycles. The van der Waals surface area contributed by atoms with E-state index in [1.165, 1.54) is 0 Å². The Balaban J connectivity index is 1.36. The van der Waals surface area contributed by atoms with Gasteiger partial charge in [-0.15, -0.1) is 0 Å². The van der Waals surface area contributed by atoms with Gasteiger partial charge in [-0.1, -0.05) is 12.1 Å². The molecule has 5 rings (SSSR count). The van der Waals surface area contributed by atoms with Gasteiger partial charge in [0, 0.05) is 30.0 Å². The third-order valence-electron chi connectivity index (χ3n) is 6.71. The van der Waals surface area contributed by atoms with E-state index >= 15 is 8.78 Å². The van der Waals surface area contributed by atoms with Gasteiger partial charge < -0.3 is 9.64 Å². The summed E-state index contributed by atoms with van der Waals surface area (Å²) in [5.74, 6) is -2.98. The molecule has 3 saturated carbocycles. The van der Waals surface area contributed by atoms with E-state index in [0.29, 0.717) is 32.4 Å². The maximum absolute atomic E-state index is 15.0. The zero-order chi connectivity index (χ0) is 21.5. The van der Waals surface area contributed by atoms with Gasteiger partial charge in [-0.3, -0.25) is 0 Å². The van der Waals surface area contributed by atoms with Gasteiger partial charge in [0.1, 0.15) is 5.60 Å². The van der Waals surface area contributed by atoms with E-state index in [1.54, 1.807) is 25.7 Å². The number of amides is 1. The molecule has 1 saturated heterocycles. The maximum Gasteiger partial charge on any atom is 0.416 e. The topological polar surface area (TPSA) is 29.5 Å². The Bertz CT molecular complexity index is 799. The predicted molar refractivity (Wildman–Crippen MR) is 95.4 cm³/mol. The second-order valence-corrected chi connectivity index (χ2v) is 9.90. The van der Waals surface area contributed by atoms with E-state index in [1.807, 2.05) is 0 Å². The number of carbonyl (C=O) groups excluding carboxylic acids is 1. The van der Waals surface area contributed by atoms with Crippen molar-refractivity contribution in [3.63, 3.8) is 0 Å². The lowest BCUT2D eigenvalue weighted by molar-refractivity contribution is -0.347. The number of alkyl halides is 5. The van der Waals surface area contributed by atoms with E-state index in [-0.39, 0.29) is 23.0 Å². The molecule has 1 aliphatic heterocycles. The molecule has 3 aliphatic carbocycles. The molecule has 0 atom stereocenters. The van der Waals surface area contributed by atoms with Crippen molar-refractivity contribution in [2.45, 2.75) is 57.7 Å². The normalized spacial score (nSPS) is 29.6. The molecule has 3 nitrogen and oxygen atoms in total. The van der Waals surface area contributed by atoms with Gasteiger partial charge in [-0.05, 0) is 57.6 Å². The first-order valence-corrected chi connectivity index (χ1v) is 9.71. The van der Waals surface area contributed by atoms with Crippen LogP contribution in [-0.2, 0) is 16.8 Å². The number of rotatable bonds is 3. The molecule has 4 aliphatic rings. The molecule has 0 unspecified atom stereocenters. The Kier molecular flexibility index (Phi) is 4.12. The number of benzene rings is 1. The summed E-state index contributed by atoms with van der Waals surface area (Å²) in [5.41, 5.74) is -3.20. The largest absolute Gasteiger partial charge is 0.444 e. The van der Waals surface area contributed by atoms with Gasteiger partial charge in [0.25, 0.3) is 5.92 Å². The van der Waals surface area contributed by atoms with Crippen LogP contribution in [0.4, 0.5) is 26.7 Å². The molecular weight excluding hydrogens is 393 g/mol. The summed E-state index contributed by atoms with van der Waals surface area (Å²) in [6.45, 7) is 6.39. The van der Waals surface area contributed by atoms with Gasteiger partial charge in [0.2, 0.25) is 0 Å². The van der Waals surface area contributed by atoms with E-state index in [0.717, 1.165) is 24.3 Å². The monoisotopic (exact) mass is 417 g/mol. The average Bonchev–Trinajstić information content (AvgIpc) is 2.43. The highest BCUT2D eigenvalue weighted by molar-refractivity contribution is 5.69. The number of nitrogens with zero attached hydrogens (tertiary/aromatic N) is 1. The van der Waals surface area contributed by atoms with Crippen molar-refractivity contribution in [3.8, 4) is 0 Å². The van der Waals surface area contributed by atoms with Crippen LogP contribution < -0.4 is 0 Å². The van der Waals surface area contributed by atoms with Crippen molar-refractivity contribution in [1.82, 2.24) is 4.90 Å². The van der Waals surface area contributed by atoms with Gasteiger partial charge in [0.15, 0.2) is 0 Å². The van der Waals surface area contributed by atoms with Crippen molar-refractivity contribution >= 4 is 6.09 Å². The lowest BCUT2D eigenvalue weighted by Gasteiger charge is -2.76. The van der Waals surface area contributed by atoms with Gasteiger partial charge in [-0.25, -0.2) is 13.6 Å². The fourth-order valence-electron chi connectivity index (χ4n) is 5.15. The summed E-state index contributed by atoms with van der Waals surface area (Å²) in [5, 5.41) is 0. The zero-order valence-electron chi connectivity index (χ0n) is 16.6. The van der Waals surface area contributed by atoms with Crippen LogP contribution in [0, 0.1) is 16.7 Å². The minimum absolute atomic E-state index is 0.173. The average molecular weight is 417 g/mol. The number of hydrogen-bond donors (Lipinski definition) is 0. The summed E-state index contributed by atoms with van der Waals surface area (Å²) in [7, 11) is 0. The van der Waals surface area contributed by atoms with E-state index < -0.39 is 28.7 Å². The summed E-state index contributed by atoms with van der Waals surface area (Å²) < 4.78 is 73.4. The smallest absolute Gasteiger partial charge is 0.416 e. The molecule has 2 bridgehead atoms. The van der Waals surface area contributed by atoms with Crippen LogP contribution in [0.5, 0.6) is 0 Å². The third kappa shape index (κ3) is 3.10. The fourth-order valence-corrected chi connectivity index (χ4v) is 5.15. The number of halogens is 5. The van der Waals surface area contributed by atoms with Crippen LogP contribution in [0.2, 0.25) is 0 Å². The minimum atomic E-state index is -4.54. The Hall–Kier alpha value is -1.86. The SMILES string of the molecule is CC(C)(C)OC(=O)N1CC(C23CC(C(F)(F)c4ccc(C(F)(F)F)cc4)(C2)C3)C1. The number of ether oxygens (including phenoxy) is 1. The Labute approximate surface area is 166 Å². The molecule has 0 spiro atoms. The highest BCUT2D eigenvalue weighted by atomic mass is 19.4. The molecule has 160 valence electrons. The molecule has 0 aromatic heterocycles. The Morgan fingerprint density at radius 3 is 1.90 bits per heavy atom. The van der Waals surface area contributed by atoms with Crippen LogP contribution in [0.1, 0.15) is 51.2 Å². The molecule has 4 fully saturated rings. The van der Waals surface area contributed by atoms with Gasteiger partial charge in [-0.2, -0.15) is 13.2 Å². The fraction of sp³-hybridized carbons (Fsp3) is 0.667. The second-order valence-electron chi connectivity index (χ2n) is 9.90. The summed E-state index contributed by atoms with van der Waals surface area (Å²) in [6, 6.07) is 3.22. The van der Waals surface area contributed by atoms with Crippen LogP contribution in [0.3, 0.4) is 0 Å². The first kappa shape index (κ1) is 20.4. The lowest BCUT2D eigenvalue weighted by atomic mass is 9.29. The molecule has 1 aromatic rings. The van der Waals surface area contributed by atoms with Crippen LogP contribution in [0.25, 0.3) is 0 Å². The first-order chi connectivity index (χ1) is 13.2. The zero-order valence-corrected chi connectivity index (χ0v) is 16.6. The molecule has 0 radical (unpaired) electrons. The number of likely N-dealkylation sites (tertiary alicyclic amines) is 1. The summed E-state index contributed by atoms with van der Waals surface area (Å²) in [4.78, 5) is 13.6. The van der Waals surface area contributed by atoms with Gasteiger partial charge >= 0.3 is 12.3 Å². The number of hydrogen-bond acceptors (Lipinski definition) is 2. The van der Waals surface area contributed by atoms with Crippen molar-refractivity contribution in [2.24, 2.45) is 16.7 Å². The summed E-state index contributed by atoms with van der Waals surface area (Å²) >= 11 is 0. The van der Waals surface area contributed by atoms with Crippen molar-refractivity contribution in [1.29, 1.82) is 0 Å². The molecule has 1 aromatic carbocycles. The Morgan fingerprint density at radius 2 is 1.45 bits per heavy atom. The predicted octanol–water partition coefficient (Wildman–Crippen LogP) is 5.83. The molecule has 0 N–H and O–H groups in total. The third-order valence-corrected chi connectivity index (χ3v) is 6.71. The van der Waals surface area contributed by atoms with Crippen molar-refractivity contribution in [2.75, 3.05) is 13.1 Å². The number of carbonyl (C=O) groups is 1. The van der Waals surface area contributed by atoms with Crippen LogP contribution >= 0.6 is 0 Å². The first-order valence-electron chi connectivity index (χ1n) is 9.71. The van der Waals surface area contributed by atoms with E-state index in [9.17, 15) is 18.0 Å². The molecule has 8 heteroatoms. The maximum atomic E-state index is 15.0. The van der Waals surface area contributed by atoms with Crippen molar-refractivity contribution < 1.29 is 31.5 Å². The molecule has 29 heavy (non-hydrogen) atoms. The quantitative estimate of drug-likeness (QED) is 0.579. The molecular formula is C21H24F5NO2. The standard InChI is InChI=1S/C21H24F5NO2/c1-17(2,3)29-16(28)27-8-15(9-27)18-10-19(11-18,12-18)20(22,23)13-4-6-14(7-5-13)21(24,25)26/h4-7,15H,8-12H2,1-3H3. The second kappa shape index (κ2) is 5.85. The highest BCUT2D eigenvalue weighted by Gasteiger charge is 2.79. The Morgan fingerprint density at radius 1 is 0.966 bits per heavy atom.